The molecule has 0 amide bonds. The highest BCUT2D eigenvalue weighted by molar-refractivity contribution is 7.80. The number of halogens is 1. The highest BCUT2D eigenvalue weighted by Crippen LogP contribution is 2.35. The van der Waals surface area contributed by atoms with Gasteiger partial charge in [0.1, 0.15) is 11.6 Å². The summed E-state index contributed by atoms with van der Waals surface area (Å²) in [6.07, 6.45) is 6.80. The first-order valence-corrected chi connectivity index (χ1v) is 15.0. The second kappa shape index (κ2) is 12.3. The molecule has 9 heteroatoms. The van der Waals surface area contributed by atoms with Crippen molar-refractivity contribution in [3.8, 4) is 0 Å². The van der Waals surface area contributed by atoms with Crippen LogP contribution in [0, 0.1) is 11.8 Å². The maximum absolute atomic E-state index is 6.18. The Hall–Kier alpha value is -2.16. The van der Waals surface area contributed by atoms with Crippen molar-refractivity contribution in [1.82, 2.24) is 15.3 Å². The molecule has 38 heavy (non-hydrogen) atoms. The van der Waals surface area contributed by atoms with E-state index in [0.29, 0.717) is 29.4 Å². The maximum Gasteiger partial charge on any atom is 0.232 e. The lowest BCUT2D eigenvalue weighted by molar-refractivity contribution is 0.0515. The van der Waals surface area contributed by atoms with E-state index in [-0.39, 0.29) is 5.41 Å². The third-order valence-corrected chi connectivity index (χ3v) is 8.88. The van der Waals surface area contributed by atoms with Gasteiger partial charge in [-0.2, -0.15) is 9.97 Å². The molecule has 0 unspecified atom stereocenters. The van der Waals surface area contributed by atoms with Gasteiger partial charge < -0.3 is 25.2 Å². The zero-order valence-corrected chi connectivity index (χ0v) is 24.3. The molecule has 2 atom stereocenters. The lowest BCUT2D eigenvalue weighted by Gasteiger charge is -2.38. The molecule has 0 spiro atoms. The molecule has 1 aromatic heterocycles. The highest BCUT2D eigenvalue weighted by atomic mass is 35.5. The van der Waals surface area contributed by atoms with Crippen LogP contribution in [0.25, 0.3) is 0 Å². The van der Waals surface area contributed by atoms with Crippen LogP contribution < -0.4 is 20.4 Å². The number of aromatic nitrogens is 2. The van der Waals surface area contributed by atoms with Gasteiger partial charge in [0.2, 0.25) is 5.95 Å². The number of piperidine rings is 2. The Morgan fingerprint density at radius 3 is 2.13 bits per heavy atom. The summed E-state index contributed by atoms with van der Waals surface area (Å²) < 4.78 is 5.70. The van der Waals surface area contributed by atoms with Crippen molar-refractivity contribution in [3.05, 3.63) is 40.9 Å². The van der Waals surface area contributed by atoms with Crippen LogP contribution in [0.15, 0.2) is 30.3 Å². The predicted molar refractivity (Wildman–Crippen MR) is 161 cm³/mol. The van der Waals surface area contributed by atoms with Gasteiger partial charge in [-0.05, 0) is 80.3 Å². The van der Waals surface area contributed by atoms with Gasteiger partial charge in [0.05, 0.1) is 0 Å². The van der Waals surface area contributed by atoms with Crippen LogP contribution in [-0.4, -0.2) is 61.0 Å². The summed E-state index contributed by atoms with van der Waals surface area (Å²) >= 11 is 12.0. The average molecular weight is 557 g/mol. The minimum Gasteiger partial charge on any atom is -0.381 e. The van der Waals surface area contributed by atoms with Crippen molar-refractivity contribution < 1.29 is 4.74 Å². The molecule has 0 aliphatic carbocycles. The van der Waals surface area contributed by atoms with Gasteiger partial charge in [0.25, 0.3) is 0 Å². The van der Waals surface area contributed by atoms with Crippen molar-refractivity contribution in [2.45, 2.75) is 57.8 Å². The van der Waals surface area contributed by atoms with Crippen LogP contribution in [0.5, 0.6) is 0 Å². The first kappa shape index (κ1) is 27.4. The number of hydrogen-bond donors (Lipinski definition) is 2. The molecule has 5 rings (SSSR count). The summed E-state index contributed by atoms with van der Waals surface area (Å²) in [5, 5.41) is 8.12. The molecule has 1 aromatic carbocycles. The molecule has 3 aliphatic heterocycles. The van der Waals surface area contributed by atoms with Crippen LogP contribution in [-0.2, 0) is 10.2 Å². The fourth-order valence-corrected chi connectivity index (χ4v) is 6.41. The summed E-state index contributed by atoms with van der Waals surface area (Å²) in [5.41, 5.74) is 1.20. The summed E-state index contributed by atoms with van der Waals surface area (Å²) in [4.78, 5) is 14.7. The molecular formula is C29H41ClN6OS. The number of nitrogens with one attached hydrogen (secondary N) is 2. The van der Waals surface area contributed by atoms with E-state index in [2.05, 4.69) is 52.5 Å². The van der Waals surface area contributed by atoms with E-state index >= 15 is 0 Å². The zero-order chi connectivity index (χ0) is 26.5. The normalized spacial score (nSPS) is 23.7. The smallest absolute Gasteiger partial charge is 0.232 e. The van der Waals surface area contributed by atoms with E-state index in [1.54, 1.807) is 0 Å². The number of thiocarbonyl (C=S) groups is 1. The number of ether oxygens (including phenoxy) is 1. The van der Waals surface area contributed by atoms with E-state index in [9.17, 15) is 0 Å². The maximum atomic E-state index is 6.18. The molecule has 2 N–H and O–H groups in total. The summed E-state index contributed by atoms with van der Waals surface area (Å²) in [5.74, 6) is 3.89. The number of rotatable bonds is 6. The lowest BCUT2D eigenvalue weighted by atomic mass is 9.74. The van der Waals surface area contributed by atoms with Crippen LogP contribution in [0.3, 0.4) is 0 Å². The quantitative estimate of drug-likeness (QED) is 0.443. The van der Waals surface area contributed by atoms with Gasteiger partial charge in [0, 0.05) is 62.4 Å². The van der Waals surface area contributed by atoms with Crippen LogP contribution >= 0.6 is 23.8 Å². The Morgan fingerprint density at radius 1 is 1.00 bits per heavy atom. The molecule has 206 valence electrons. The minimum atomic E-state index is -0.0592. The number of hydrogen-bond acceptors (Lipinski definition) is 6. The summed E-state index contributed by atoms with van der Waals surface area (Å²) in [7, 11) is 0. The Bertz CT molecular complexity index is 1050. The second-order valence-electron chi connectivity index (χ2n) is 11.5. The molecule has 3 fully saturated rings. The van der Waals surface area contributed by atoms with Crippen molar-refractivity contribution in [1.29, 1.82) is 0 Å². The minimum absolute atomic E-state index is 0.0592. The standard InChI is InChI=1S/C29H41ClN6OS/c1-21-5-3-13-35(18-21)25-17-26(36-14-4-6-22(2)19-36)33-27(32-25)34-28(38)31-20-29(11-15-37-16-12-29)23-7-9-24(30)10-8-23/h7-10,17,21-22H,3-6,11-16,18-20H2,1-2H3,(H2,31,32,33,34,38)/t21-,22+. The molecule has 7 nitrogen and oxygen atoms in total. The van der Waals surface area contributed by atoms with Crippen LogP contribution in [0.4, 0.5) is 17.6 Å². The highest BCUT2D eigenvalue weighted by Gasteiger charge is 2.34. The first-order chi connectivity index (χ1) is 18.4. The Balaban J connectivity index is 1.33. The van der Waals surface area contributed by atoms with Gasteiger partial charge >= 0.3 is 0 Å². The fraction of sp³-hybridized carbons (Fsp3) is 0.621. The summed E-state index contributed by atoms with van der Waals surface area (Å²) in [6.45, 7) is 11.0. The average Bonchev–Trinajstić information content (AvgIpc) is 2.93. The zero-order valence-electron chi connectivity index (χ0n) is 22.7. The summed E-state index contributed by atoms with van der Waals surface area (Å²) in [6, 6.07) is 10.4. The van der Waals surface area contributed by atoms with Crippen molar-refractivity contribution in [2.75, 3.05) is 61.1 Å². The lowest BCUT2D eigenvalue weighted by Crippen LogP contribution is -2.45. The van der Waals surface area contributed by atoms with Gasteiger partial charge in [-0.3, -0.25) is 0 Å². The molecular weight excluding hydrogens is 516 g/mol. The Morgan fingerprint density at radius 2 is 1.58 bits per heavy atom. The predicted octanol–water partition coefficient (Wildman–Crippen LogP) is 5.64. The van der Waals surface area contributed by atoms with Crippen molar-refractivity contribution >= 4 is 46.5 Å². The molecule has 2 aromatic rings. The molecule has 0 bridgehead atoms. The van der Waals surface area contributed by atoms with Crippen LogP contribution in [0.2, 0.25) is 5.02 Å². The molecule has 0 saturated carbocycles. The van der Waals surface area contributed by atoms with E-state index < -0.39 is 0 Å². The number of nitrogens with zero attached hydrogens (tertiary/aromatic N) is 4. The monoisotopic (exact) mass is 556 g/mol. The SMILES string of the molecule is C[C@@H]1CCCN(c2cc(N3CCC[C@H](C)C3)nc(NC(=S)NCC3(c4ccc(Cl)cc4)CCOCC3)n2)C1. The van der Waals surface area contributed by atoms with Crippen molar-refractivity contribution in [3.63, 3.8) is 0 Å². The Kier molecular flexibility index (Phi) is 8.91. The van der Waals surface area contributed by atoms with E-state index in [0.717, 1.165) is 68.9 Å². The Labute approximate surface area is 237 Å². The molecule has 3 aliphatic rings. The second-order valence-corrected chi connectivity index (χ2v) is 12.3. The number of benzene rings is 1. The van der Waals surface area contributed by atoms with E-state index in [4.69, 9.17) is 38.5 Å². The topological polar surface area (TPSA) is 65.5 Å². The van der Waals surface area contributed by atoms with Gasteiger partial charge in [0.15, 0.2) is 5.11 Å². The van der Waals surface area contributed by atoms with Gasteiger partial charge in [-0.25, -0.2) is 0 Å². The fourth-order valence-electron chi connectivity index (χ4n) is 6.13. The third kappa shape index (κ3) is 6.69. The van der Waals surface area contributed by atoms with Gasteiger partial charge in [-0.1, -0.05) is 37.6 Å². The van der Waals surface area contributed by atoms with Crippen LogP contribution in [0.1, 0.15) is 57.9 Å². The third-order valence-electron chi connectivity index (χ3n) is 8.38. The van der Waals surface area contributed by atoms with Gasteiger partial charge in [-0.15, -0.1) is 0 Å². The number of anilines is 3. The largest absolute Gasteiger partial charge is 0.381 e. The molecule has 3 saturated heterocycles. The van der Waals surface area contributed by atoms with E-state index in [1.807, 2.05) is 12.1 Å². The first-order valence-electron chi connectivity index (χ1n) is 14.2. The molecule has 4 heterocycles. The van der Waals surface area contributed by atoms with Crippen molar-refractivity contribution in [2.24, 2.45) is 11.8 Å². The van der Waals surface area contributed by atoms with E-state index in [1.165, 1.54) is 31.2 Å². The molecule has 0 radical (unpaired) electrons.